The van der Waals surface area contributed by atoms with Crippen LogP contribution in [-0.4, -0.2) is 12.5 Å². The summed E-state index contributed by atoms with van der Waals surface area (Å²) in [6, 6.07) is 12.0. The second-order valence-electron chi connectivity index (χ2n) is 4.21. The number of nitrogens with two attached hydrogens (primary N) is 1. The Balaban J connectivity index is 1.99. The average molecular weight is 357 g/mol. The average Bonchev–Trinajstić information content (AvgIpc) is 2.95. The standard InChI is InChI=1S/C13H11BrClN3S/c14-12-5-4-11(19-12)10-7-17-13(16)18(10)9-3-1-2-8(15)6-9/h1-6,10H,7H2,(H2,16,17). The van der Waals surface area contributed by atoms with Crippen LogP contribution in [0.5, 0.6) is 0 Å². The lowest BCUT2D eigenvalue weighted by molar-refractivity contribution is 0.785. The summed E-state index contributed by atoms with van der Waals surface area (Å²) in [6.45, 7) is 0.672. The van der Waals surface area contributed by atoms with Gasteiger partial charge in [0.05, 0.1) is 16.4 Å². The molecule has 0 fully saturated rings. The molecular formula is C13H11BrClN3S. The summed E-state index contributed by atoms with van der Waals surface area (Å²) >= 11 is 11.3. The third-order valence-electron chi connectivity index (χ3n) is 2.99. The third-order valence-corrected chi connectivity index (χ3v) is 4.95. The molecule has 2 N–H and O–H groups in total. The van der Waals surface area contributed by atoms with Crippen molar-refractivity contribution in [2.24, 2.45) is 10.7 Å². The van der Waals surface area contributed by atoms with Crippen LogP contribution in [0.4, 0.5) is 5.69 Å². The van der Waals surface area contributed by atoms with Crippen molar-refractivity contribution in [1.29, 1.82) is 0 Å². The number of hydrogen-bond donors (Lipinski definition) is 1. The fourth-order valence-electron chi connectivity index (χ4n) is 2.16. The van der Waals surface area contributed by atoms with Gasteiger partial charge in [-0.2, -0.15) is 0 Å². The normalized spacial score (nSPS) is 18.7. The minimum absolute atomic E-state index is 0.148. The first kappa shape index (κ1) is 13.0. The predicted octanol–water partition coefficient (Wildman–Crippen LogP) is 4.04. The lowest BCUT2D eigenvalue weighted by atomic mass is 10.2. The molecule has 1 unspecified atom stereocenters. The van der Waals surface area contributed by atoms with Crippen molar-refractivity contribution in [3.63, 3.8) is 0 Å². The molecule has 1 aromatic heterocycles. The van der Waals surface area contributed by atoms with E-state index >= 15 is 0 Å². The summed E-state index contributed by atoms with van der Waals surface area (Å²) in [5.41, 5.74) is 6.99. The Morgan fingerprint density at radius 3 is 2.89 bits per heavy atom. The molecular weight excluding hydrogens is 346 g/mol. The van der Waals surface area contributed by atoms with E-state index in [-0.39, 0.29) is 6.04 Å². The first-order valence-electron chi connectivity index (χ1n) is 5.75. The highest BCUT2D eigenvalue weighted by Gasteiger charge is 2.29. The van der Waals surface area contributed by atoms with Crippen molar-refractivity contribution in [2.45, 2.75) is 6.04 Å². The van der Waals surface area contributed by atoms with Gasteiger partial charge < -0.3 is 10.6 Å². The van der Waals surface area contributed by atoms with E-state index in [1.807, 2.05) is 35.2 Å². The van der Waals surface area contributed by atoms with Crippen molar-refractivity contribution in [2.75, 3.05) is 11.4 Å². The van der Waals surface area contributed by atoms with Crippen LogP contribution in [0, 0.1) is 0 Å². The van der Waals surface area contributed by atoms with Crippen LogP contribution in [0.3, 0.4) is 0 Å². The Morgan fingerprint density at radius 2 is 2.21 bits per heavy atom. The van der Waals surface area contributed by atoms with Crippen LogP contribution in [0.15, 0.2) is 45.2 Å². The zero-order chi connectivity index (χ0) is 13.4. The summed E-state index contributed by atoms with van der Waals surface area (Å²) in [6.07, 6.45) is 0. The number of anilines is 1. The molecule has 0 aliphatic carbocycles. The van der Waals surface area contributed by atoms with Gasteiger partial charge >= 0.3 is 0 Å². The Labute approximate surface area is 128 Å². The van der Waals surface area contributed by atoms with Gasteiger partial charge in [-0.15, -0.1) is 11.3 Å². The minimum Gasteiger partial charge on any atom is -0.369 e. The van der Waals surface area contributed by atoms with E-state index in [0.29, 0.717) is 17.5 Å². The number of thiophene rings is 1. The van der Waals surface area contributed by atoms with Crippen LogP contribution >= 0.6 is 38.9 Å². The molecule has 6 heteroatoms. The number of rotatable bonds is 2. The molecule has 1 atom stereocenters. The second-order valence-corrected chi connectivity index (χ2v) is 7.14. The maximum atomic E-state index is 6.06. The number of benzene rings is 1. The highest BCUT2D eigenvalue weighted by atomic mass is 79.9. The summed E-state index contributed by atoms with van der Waals surface area (Å²) in [5, 5.41) is 0.698. The summed E-state index contributed by atoms with van der Waals surface area (Å²) in [5.74, 6) is 0.539. The van der Waals surface area contributed by atoms with Gasteiger partial charge in [-0.05, 0) is 46.3 Å². The second kappa shape index (κ2) is 5.15. The van der Waals surface area contributed by atoms with Crippen LogP contribution in [-0.2, 0) is 0 Å². The van der Waals surface area contributed by atoms with Gasteiger partial charge in [-0.1, -0.05) is 17.7 Å². The highest BCUT2D eigenvalue weighted by molar-refractivity contribution is 9.11. The molecule has 0 saturated carbocycles. The van der Waals surface area contributed by atoms with E-state index < -0.39 is 0 Å². The molecule has 0 bridgehead atoms. The molecule has 1 aromatic carbocycles. The smallest absolute Gasteiger partial charge is 0.196 e. The first-order valence-corrected chi connectivity index (χ1v) is 7.74. The van der Waals surface area contributed by atoms with Crippen molar-refractivity contribution in [1.82, 2.24) is 0 Å². The molecule has 0 amide bonds. The maximum Gasteiger partial charge on any atom is 0.196 e. The predicted molar refractivity (Wildman–Crippen MR) is 85.2 cm³/mol. The fourth-order valence-corrected chi connectivity index (χ4v) is 3.85. The van der Waals surface area contributed by atoms with Gasteiger partial charge in [0.15, 0.2) is 5.96 Å². The Kier molecular flexibility index (Phi) is 3.52. The summed E-state index contributed by atoms with van der Waals surface area (Å²) in [7, 11) is 0. The molecule has 0 radical (unpaired) electrons. The van der Waals surface area contributed by atoms with Gasteiger partial charge in [0, 0.05) is 15.6 Å². The Morgan fingerprint density at radius 1 is 1.37 bits per heavy atom. The molecule has 3 rings (SSSR count). The van der Waals surface area contributed by atoms with Gasteiger partial charge in [0.25, 0.3) is 0 Å². The van der Waals surface area contributed by atoms with E-state index in [4.69, 9.17) is 17.3 Å². The largest absolute Gasteiger partial charge is 0.369 e. The minimum atomic E-state index is 0.148. The SMILES string of the molecule is NC1=NCC(c2ccc(Br)s2)N1c1cccc(Cl)c1. The van der Waals surface area contributed by atoms with Crippen molar-refractivity contribution < 1.29 is 0 Å². The lowest BCUT2D eigenvalue weighted by Gasteiger charge is -2.25. The van der Waals surface area contributed by atoms with Crippen molar-refractivity contribution in [3.05, 3.63) is 50.1 Å². The summed E-state index contributed by atoms with van der Waals surface area (Å²) in [4.78, 5) is 7.62. The Hall–Kier alpha value is -1.04. The van der Waals surface area contributed by atoms with Crippen molar-refractivity contribution in [3.8, 4) is 0 Å². The zero-order valence-electron chi connectivity index (χ0n) is 9.88. The van der Waals surface area contributed by atoms with Gasteiger partial charge in [-0.25, -0.2) is 0 Å². The zero-order valence-corrected chi connectivity index (χ0v) is 13.0. The van der Waals surface area contributed by atoms with E-state index in [0.717, 1.165) is 9.47 Å². The molecule has 98 valence electrons. The van der Waals surface area contributed by atoms with E-state index in [1.165, 1.54) is 4.88 Å². The Bertz CT molecular complexity index is 640. The van der Waals surface area contributed by atoms with E-state index in [9.17, 15) is 0 Å². The van der Waals surface area contributed by atoms with Gasteiger partial charge in [0.2, 0.25) is 0 Å². The van der Waals surface area contributed by atoms with E-state index in [2.05, 4.69) is 27.0 Å². The molecule has 1 aliphatic heterocycles. The number of guanidine groups is 1. The van der Waals surface area contributed by atoms with Gasteiger partial charge in [0.1, 0.15) is 0 Å². The molecule has 0 spiro atoms. The number of halogens is 2. The molecule has 2 aromatic rings. The van der Waals surface area contributed by atoms with Gasteiger partial charge in [-0.3, -0.25) is 4.99 Å². The van der Waals surface area contributed by atoms with Crippen molar-refractivity contribution >= 4 is 50.5 Å². The third kappa shape index (κ3) is 2.50. The number of aliphatic imine (C=N–C) groups is 1. The van der Waals surface area contributed by atoms with Crippen LogP contribution in [0.2, 0.25) is 5.02 Å². The number of hydrogen-bond acceptors (Lipinski definition) is 4. The highest BCUT2D eigenvalue weighted by Crippen LogP contribution is 2.36. The van der Waals surface area contributed by atoms with Crippen LogP contribution < -0.4 is 10.6 Å². The van der Waals surface area contributed by atoms with Crippen LogP contribution in [0.1, 0.15) is 10.9 Å². The molecule has 3 nitrogen and oxygen atoms in total. The fraction of sp³-hybridized carbons (Fsp3) is 0.154. The molecule has 1 aliphatic rings. The lowest BCUT2D eigenvalue weighted by Crippen LogP contribution is -2.35. The quantitative estimate of drug-likeness (QED) is 0.882. The summed E-state index contributed by atoms with van der Waals surface area (Å²) < 4.78 is 1.11. The molecule has 0 saturated heterocycles. The first-order chi connectivity index (χ1) is 9.15. The molecule has 2 heterocycles. The topological polar surface area (TPSA) is 41.6 Å². The molecule has 19 heavy (non-hydrogen) atoms. The monoisotopic (exact) mass is 355 g/mol. The van der Waals surface area contributed by atoms with Crippen LogP contribution in [0.25, 0.3) is 0 Å². The number of nitrogens with zero attached hydrogens (tertiary/aromatic N) is 2. The van der Waals surface area contributed by atoms with E-state index in [1.54, 1.807) is 11.3 Å². The maximum absolute atomic E-state index is 6.06.